The quantitative estimate of drug-likeness (QED) is 0.633. The van der Waals surface area contributed by atoms with Crippen molar-refractivity contribution in [3.8, 4) is 11.3 Å². The Morgan fingerprint density at radius 3 is 2.13 bits per heavy atom. The van der Waals surface area contributed by atoms with Gasteiger partial charge in [0.05, 0.1) is 6.54 Å². The zero-order chi connectivity index (χ0) is 22.6. The minimum absolute atomic E-state index is 0.212. The van der Waals surface area contributed by atoms with Gasteiger partial charge < -0.3 is 5.32 Å². The molecule has 5 nitrogen and oxygen atoms in total. The summed E-state index contributed by atoms with van der Waals surface area (Å²) in [4.78, 5) is 31.7. The number of rotatable bonds is 6. The summed E-state index contributed by atoms with van der Waals surface area (Å²) in [6, 6.07) is 19.3. The van der Waals surface area contributed by atoms with Crippen LogP contribution in [0.1, 0.15) is 56.4 Å². The van der Waals surface area contributed by atoms with E-state index in [9.17, 15) is 9.59 Å². The van der Waals surface area contributed by atoms with Gasteiger partial charge in [-0.15, -0.1) is 0 Å². The largest absolute Gasteiger partial charge is 0.346 e. The SMILES string of the molecule is CC(C)Cc1nc(-c2ccccc2)c(C(=O)NC(C)(C)C)n(Cc2ccccc2)c1=O. The second kappa shape index (κ2) is 9.29. The molecule has 0 spiro atoms. The highest BCUT2D eigenvalue weighted by atomic mass is 16.2. The van der Waals surface area contributed by atoms with Gasteiger partial charge >= 0.3 is 0 Å². The normalized spacial score (nSPS) is 11.5. The molecule has 0 saturated carbocycles. The molecule has 5 heteroatoms. The minimum Gasteiger partial charge on any atom is -0.346 e. The van der Waals surface area contributed by atoms with Crippen molar-refractivity contribution < 1.29 is 4.79 Å². The Labute approximate surface area is 184 Å². The molecule has 1 N–H and O–H groups in total. The fourth-order valence-electron chi connectivity index (χ4n) is 3.48. The van der Waals surface area contributed by atoms with Crippen molar-refractivity contribution >= 4 is 5.91 Å². The van der Waals surface area contributed by atoms with Gasteiger partial charge in [0, 0.05) is 11.1 Å². The fraction of sp³-hybridized carbons (Fsp3) is 0.346. The zero-order valence-corrected chi connectivity index (χ0v) is 19.0. The van der Waals surface area contributed by atoms with Crippen LogP contribution in [0.3, 0.4) is 0 Å². The van der Waals surface area contributed by atoms with E-state index in [4.69, 9.17) is 4.98 Å². The summed E-state index contributed by atoms with van der Waals surface area (Å²) in [6.45, 7) is 10.2. The Balaban J connectivity index is 2.30. The highest BCUT2D eigenvalue weighted by Gasteiger charge is 2.26. The first-order valence-electron chi connectivity index (χ1n) is 10.7. The summed E-state index contributed by atoms with van der Waals surface area (Å²) in [5, 5.41) is 3.02. The van der Waals surface area contributed by atoms with Gasteiger partial charge in [-0.2, -0.15) is 0 Å². The molecule has 0 aliphatic carbocycles. The standard InChI is InChI=1S/C26H31N3O2/c1-18(2)16-21-25(31)29(17-19-12-8-6-9-13-19)23(24(30)28-26(3,4)5)22(27-21)20-14-10-7-11-15-20/h6-15,18H,16-17H2,1-5H3,(H,28,30). The van der Waals surface area contributed by atoms with Crippen molar-refractivity contribution in [3.05, 3.63) is 88.0 Å². The molecule has 162 valence electrons. The number of amides is 1. The molecule has 31 heavy (non-hydrogen) atoms. The number of hydrogen-bond donors (Lipinski definition) is 1. The van der Waals surface area contributed by atoms with Crippen molar-refractivity contribution in [2.24, 2.45) is 5.92 Å². The average Bonchev–Trinajstić information content (AvgIpc) is 2.70. The molecule has 3 rings (SSSR count). The van der Waals surface area contributed by atoms with Gasteiger partial charge in [0.15, 0.2) is 0 Å². The van der Waals surface area contributed by atoms with Gasteiger partial charge in [0.2, 0.25) is 0 Å². The molecule has 0 atom stereocenters. The first-order valence-corrected chi connectivity index (χ1v) is 10.7. The fourth-order valence-corrected chi connectivity index (χ4v) is 3.48. The first-order chi connectivity index (χ1) is 14.7. The lowest BCUT2D eigenvalue weighted by Gasteiger charge is -2.24. The van der Waals surface area contributed by atoms with Crippen LogP contribution in [0.25, 0.3) is 11.3 Å². The molecular formula is C26H31N3O2. The number of nitrogens with one attached hydrogen (secondary N) is 1. The number of hydrogen-bond acceptors (Lipinski definition) is 3. The van der Waals surface area contributed by atoms with Gasteiger partial charge in [-0.25, -0.2) is 4.98 Å². The third-order valence-corrected chi connectivity index (χ3v) is 4.77. The van der Waals surface area contributed by atoms with Gasteiger partial charge in [-0.05, 0) is 38.7 Å². The van der Waals surface area contributed by atoms with Crippen molar-refractivity contribution in [2.45, 2.75) is 53.1 Å². The molecule has 1 heterocycles. The monoisotopic (exact) mass is 417 g/mol. The number of nitrogens with zero attached hydrogens (tertiary/aromatic N) is 2. The third-order valence-electron chi connectivity index (χ3n) is 4.77. The van der Waals surface area contributed by atoms with Crippen LogP contribution >= 0.6 is 0 Å². The van der Waals surface area contributed by atoms with Crippen LogP contribution < -0.4 is 10.9 Å². The second-order valence-corrected chi connectivity index (χ2v) is 9.30. The summed E-state index contributed by atoms with van der Waals surface area (Å²) in [5.41, 5.74) is 2.42. The van der Waals surface area contributed by atoms with E-state index in [1.165, 1.54) is 0 Å². The predicted octanol–water partition coefficient (Wildman–Crippen LogP) is 4.69. The molecule has 1 aromatic heterocycles. The summed E-state index contributed by atoms with van der Waals surface area (Å²) in [6.07, 6.45) is 0.550. The maximum atomic E-state index is 13.5. The molecule has 0 unspecified atom stereocenters. The number of carbonyl (C=O) groups is 1. The Morgan fingerprint density at radius 2 is 1.58 bits per heavy atom. The van der Waals surface area contributed by atoms with E-state index in [0.29, 0.717) is 30.0 Å². The van der Waals surface area contributed by atoms with Crippen LogP contribution in [0, 0.1) is 5.92 Å². The average molecular weight is 418 g/mol. The summed E-state index contributed by atoms with van der Waals surface area (Å²) < 4.78 is 1.59. The van der Waals surface area contributed by atoms with Gasteiger partial charge in [0.25, 0.3) is 11.5 Å². The van der Waals surface area contributed by atoms with Gasteiger partial charge in [0.1, 0.15) is 17.1 Å². The van der Waals surface area contributed by atoms with Crippen molar-refractivity contribution in [1.82, 2.24) is 14.9 Å². The number of carbonyl (C=O) groups excluding carboxylic acids is 1. The lowest BCUT2D eigenvalue weighted by atomic mass is 10.0. The van der Waals surface area contributed by atoms with E-state index in [1.807, 2.05) is 81.4 Å². The third kappa shape index (κ3) is 5.69. The van der Waals surface area contributed by atoms with E-state index in [2.05, 4.69) is 19.2 Å². The van der Waals surface area contributed by atoms with Crippen LogP contribution in [0.15, 0.2) is 65.5 Å². The highest BCUT2D eigenvalue weighted by Crippen LogP contribution is 2.23. The lowest BCUT2D eigenvalue weighted by Crippen LogP contribution is -2.44. The van der Waals surface area contributed by atoms with E-state index < -0.39 is 5.54 Å². The predicted molar refractivity (Wildman–Crippen MR) is 125 cm³/mol. The van der Waals surface area contributed by atoms with E-state index >= 15 is 0 Å². The van der Waals surface area contributed by atoms with E-state index in [1.54, 1.807) is 4.57 Å². The summed E-state index contributed by atoms with van der Waals surface area (Å²) >= 11 is 0. The van der Waals surface area contributed by atoms with Crippen LogP contribution in [0.4, 0.5) is 0 Å². The first kappa shape index (κ1) is 22.5. The van der Waals surface area contributed by atoms with Crippen LogP contribution in [-0.2, 0) is 13.0 Å². The molecule has 2 aromatic carbocycles. The van der Waals surface area contributed by atoms with Crippen LogP contribution in [-0.4, -0.2) is 21.0 Å². The molecule has 0 radical (unpaired) electrons. The summed E-state index contributed by atoms with van der Waals surface area (Å²) in [7, 11) is 0. The molecule has 3 aromatic rings. The van der Waals surface area contributed by atoms with Crippen molar-refractivity contribution in [2.75, 3.05) is 0 Å². The van der Waals surface area contributed by atoms with Crippen molar-refractivity contribution in [3.63, 3.8) is 0 Å². The molecule has 0 bridgehead atoms. The van der Waals surface area contributed by atoms with E-state index in [-0.39, 0.29) is 17.4 Å². The lowest BCUT2D eigenvalue weighted by molar-refractivity contribution is 0.0909. The van der Waals surface area contributed by atoms with Crippen LogP contribution in [0.2, 0.25) is 0 Å². The van der Waals surface area contributed by atoms with Crippen molar-refractivity contribution in [1.29, 1.82) is 0 Å². The van der Waals surface area contributed by atoms with Crippen LogP contribution in [0.5, 0.6) is 0 Å². The van der Waals surface area contributed by atoms with Gasteiger partial charge in [-0.1, -0.05) is 74.5 Å². The molecule has 1 amide bonds. The maximum Gasteiger partial charge on any atom is 0.273 e. The summed E-state index contributed by atoms with van der Waals surface area (Å²) in [5.74, 6) is -0.0359. The molecule has 0 saturated heterocycles. The number of aromatic nitrogens is 2. The van der Waals surface area contributed by atoms with Gasteiger partial charge in [-0.3, -0.25) is 14.2 Å². The Hall–Kier alpha value is -3.21. The maximum absolute atomic E-state index is 13.5. The topological polar surface area (TPSA) is 64.0 Å². The molecule has 0 aliphatic rings. The molecule has 0 aliphatic heterocycles. The smallest absolute Gasteiger partial charge is 0.273 e. The zero-order valence-electron chi connectivity index (χ0n) is 19.0. The Kier molecular flexibility index (Phi) is 6.74. The Morgan fingerprint density at radius 1 is 1.00 bits per heavy atom. The minimum atomic E-state index is -0.449. The molecule has 0 fully saturated rings. The second-order valence-electron chi connectivity index (χ2n) is 9.30. The number of benzene rings is 2. The highest BCUT2D eigenvalue weighted by molar-refractivity contribution is 5.98. The Bertz CT molecular complexity index is 1100. The molecular weight excluding hydrogens is 386 g/mol. The van der Waals surface area contributed by atoms with E-state index in [0.717, 1.165) is 11.1 Å².